The third kappa shape index (κ3) is 4.92. The number of thioether (sulfide) groups is 1. The zero-order chi connectivity index (χ0) is 23.8. The number of carbonyl (C=O) groups is 2. The normalized spacial score (nSPS) is 15.2. The molecular formula is C21H20F2N4O4S2. The van der Waals surface area contributed by atoms with Gasteiger partial charge in [-0.1, -0.05) is 23.9 Å². The average Bonchev–Trinajstić information content (AvgIpc) is 3.19. The first-order valence-corrected chi connectivity index (χ1v) is 12.4. The summed E-state index contributed by atoms with van der Waals surface area (Å²) < 4.78 is 53.7. The monoisotopic (exact) mass is 494 g/mol. The third-order valence-corrected chi connectivity index (χ3v) is 8.10. The molecule has 1 saturated heterocycles. The van der Waals surface area contributed by atoms with E-state index in [1.165, 1.54) is 35.5 Å². The minimum Gasteiger partial charge on any atom is -0.339 e. The van der Waals surface area contributed by atoms with Crippen LogP contribution in [0.2, 0.25) is 0 Å². The summed E-state index contributed by atoms with van der Waals surface area (Å²) in [4.78, 5) is 32.6. The number of nitrogens with one attached hydrogen (secondary N) is 1. The first kappa shape index (κ1) is 23.3. The number of aromatic amines is 1. The van der Waals surface area contributed by atoms with Crippen LogP contribution in [-0.2, 0) is 14.8 Å². The lowest BCUT2D eigenvalue weighted by Crippen LogP contribution is -2.50. The van der Waals surface area contributed by atoms with Crippen LogP contribution in [0.5, 0.6) is 0 Å². The van der Waals surface area contributed by atoms with Crippen LogP contribution in [0.4, 0.5) is 8.78 Å². The Balaban J connectivity index is 1.33. The molecule has 0 radical (unpaired) electrons. The van der Waals surface area contributed by atoms with Gasteiger partial charge in [0.05, 0.1) is 21.7 Å². The number of nitrogens with zero attached hydrogens (tertiary/aromatic N) is 3. The summed E-state index contributed by atoms with van der Waals surface area (Å²) in [5, 5.41) is 0.360. The van der Waals surface area contributed by atoms with Crippen molar-refractivity contribution in [1.29, 1.82) is 0 Å². The summed E-state index contributed by atoms with van der Waals surface area (Å²) >= 11 is 1.10. The second kappa shape index (κ2) is 9.20. The van der Waals surface area contributed by atoms with E-state index in [-0.39, 0.29) is 54.0 Å². The van der Waals surface area contributed by atoms with E-state index in [9.17, 15) is 26.8 Å². The Morgan fingerprint density at radius 1 is 1.06 bits per heavy atom. The van der Waals surface area contributed by atoms with Gasteiger partial charge in [-0.15, -0.1) is 0 Å². The molecule has 0 unspecified atom stereocenters. The summed E-state index contributed by atoms with van der Waals surface area (Å²) in [5.41, 5.74) is 1.03. The maximum atomic E-state index is 13.3. The van der Waals surface area contributed by atoms with Gasteiger partial charge in [0.15, 0.2) is 22.6 Å². The maximum Gasteiger partial charge on any atom is 0.243 e. The van der Waals surface area contributed by atoms with Crippen LogP contribution < -0.4 is 0 Å². The van der Waals surface area contributed by atoms with E-state index in [1.807, 2.05) is 0 Å². The Bertz CT molecular complexity index is 1280. The fraction of sp³-hybridized carbons (Fsp3) is 0.286. The number of hydrogen-bond acceptors (Lipinski definition) is 6. The molecular weight excluding hydrogens is 474 g/mol. The molecule has 8 nitrogen and oxygen atoms in total. The molecule has 174 valence electrons. The highest BCUT2D eigenvalue weighted by molar-refractivity contribution is 7.99. The molecule has 4 rings (SSSR count). The number of sulfonamides is 1. The number of benzene rings is 2. The molecule has 0 atom stereocenters. The number of ketones is 1. The molecule has 0 aliphatic carbocycles. The molecule has 1 aromatic heterocycles. The summed E-state index contributed by atoms with van der Waals surface area (Å²) in [6.07, 6.45) is 0. The number of rotatable bonds is 6. The van der Waals surface area contributed by atoms with Crippen molar-refractivity contribution in [2.45, 2.75) is 17.0 Å². The summed E-state index contributed by atoms with van der Waals surface area (Å²) in [6.45, 7) is 2.18. The van der Waals surface area contributed by atoms with Crippen molar-refractivity contribution >= 4 is 44.5 Å². The SMILES string of the molecule is CC(=O)c1ccc(S(=O)(=O)N2CCN(C(=O)CSc3nc4cc(F)c(F)cc4[nH]3)CC2)cc1. The lowest BCUT2D eigenvalue weighted by Gasteiger charge is -2.34. The third-order valence-electron chi connectivity index (χ3n) is 5.32. The second-order valence-electron chi connectivity index (χ2n) is 7.48. The standard InChI is InChI=1S/C21H20F2N4O4S2/c1-13(28)14-2-4-15(5-3-14)33(30,31)27-8-6-26(7-9-27)20(29)12-32-21-24-18-10-16(22)17(23)11-19(18)25-21/h2-5,10-11H,6-9,12H2,1H3,(H,24,25). The number of H-pyrrole nitrogens is 1. The van der Waals surface area contributed by atoms with E-state index in [4.69, 9.17) is 0 Å². The maximum absolute atomic E-state index is 13.3. The smallest absolute Gasteiger partial charge is 0.243 e. The highest BCUT2D eigenvalue weighted by atomic mass is 32.2. The highest BCUT2D eigenvalue weighted by Gasteiger charge is 2.30. The quantitative estimate of drug-likeness (QED) is 0.418. The van der Waals surface area contributed by atoms with Crippen molar-refractivity contribution in [3.8, 4) is 0 Å². The van der Waals surface area contributed by atoms with Gasteiger partial charge in [0.1, 0.15) is 0 Å². The van der Waals surface area contributed by atoms with E-state index in [0.29, 0.717) is 16.2 Å². The Morgan fingerprint density at radius 3 is 2.33 bits per heavy atom. The van der Waals surface area contributed by atoms with Gasteiger partial charge in [-0.2, -0.15) is 4.31 Å². The van der Waals surface area contributed by atoms with Gasteiger partial charge < -0.3 is 9.88 Å². The molecule has 0 spiro atoms. The zero-order valence-electron chi connectivity index (χ0n) is 17.5. The number of imidazole rings is 1. The van der Waals surface area contributed by atoms with Gasteiger partial charge in [0.25, 0.3) is 0 Å². The predicted molar refractivity (Wildman–Crippen MR) is 119 cm³/mol. The molecule has 12 heteroatoms. The van der Waals surface area contributed by atoms with Crippen molar-refractivity contribution in [2.75, 3.05) is 31.9 Å². The Hall–Kier alpha value is -2.83. The van der Waals surface area contributed by atoms with Crippen LogP contribution in [0.3, 0.4) is 0 Å². The number of fused-ring (bicyclic) bond motifs is 1. The first-order valence-electron chi connectivity index (χ1n) is 10.0. The Labute approximate surface area is 193 Å². The van der Waals surface area contributed by atoms with E-state index in [2.05, 4.69) is 9.97 Å². The van der Waals surface area contributed by atoms with Crippen LogP contribution in [0.15, 0.2) is 46.5 Å². The number of aromatic nitrogens is 2. The largest absolute Gasteiger partial charge is 0.339 e. The molecule has 1 N–H and O–H groups in total. The number of Topliss-reactive ketones (excluding diaryl/α,β-unsaturated/α-hetero) is 1. The molecule has 33 heavy (non-hydrogen) atoms. The molecule has 2 heterocycles. The van der Waals surface area contributed by atoms with Gasteiger partial charge >= 0.3 is 0 Å². The van der Waals surface area contributed by atoms with Crippen molar-refractivity contribution in [1.82, 2.24) is 19.2 Å². The molecule has 0 bridgehead atoms. The van der Waals surface area contributed by atoms with Crippen LogP contribution in [-0.4, -0.2) is 71.2 Å². The van der Waals surface area contributed by atoms with Crippen LogP contribution in [0.25, 0.3) is 11.0 Å². The topological polar surface area (TPSA) is 103 Å². The van der Waals surface area contributed by atoms with E-state index >= 15 is 0 Å². The number of halogens is 2. The number of piperazine rings is 1. The summed E-state index contributed by atoms with van der Waals surface area (Å²) in [5.74, 6) is -2.28. The van der Waals surface area contributed by atoms with Gasteiger partial charge in [-0.05, 0) is 19.1 Å². The van der Waals surface area contributed by atoms with Crippen molar-refractivity contribution < 1.29 is 26.8 Å². The van der Waals surface area contributed by atoms with Gasteiger partial charge in [0.2, 0.25) is 15.9 Å². The minimum absolute atomic E-state index is 0.0457. The average molecular weight is 495 g/mol. The van der Waals surface area contributed by atoms with Gasteiger partial charge in [-0.3, -0.25) is 9.59 Å². The highest BCUT2D eigenvalue weighted by Crippen LogP contribution is 2.23. The van der Waals surface area contributed by atoms with Crippen molar-refractivity contribution in [3.05, 3.63) is 53.6 Å². The fourth-order valence-corrected chi connectivity index (χ4v) is 5.67. The minimum atomic E-state index is -3.73. The molecule has 2 aromatic carbocycles. The lowest BCUT2D eigenvalue weighted by atomic mass is 10.2. The van der Waals surface area contributed by atoms with Crippen molar-refractivity contribution in [2.24, 2.45) is 0 Å². The summed E-state index contributed by atoms with van der Waals surface area (Å²) in [7, 11) is -3.73. The zero-order valence-corrected chi connectivity index (χ0v) is 19.2. The molecule has 1 amide bonds. The molecule has 1 aliphatic heterocycles. The van der Waals surface area contributed by atoms with Gasteiger partial charge in [0, 0.05) is 43.9 Å². The predicted octanol–water partition coefficient (Wildman–Crippen LogP) is 2.67. The molecule has 1 aliphatic rings. The number of hydrogen-bond donors (Lipinski definition) is 1. The molecule has 1 fully saturated rings. The van der Waals surface area contributed by atoms with E-state index in [1.54, 1.807) is 4.90 Å². The van der Waals surface area contributed by atoms with Gasteiger partial charge in [-0.25, -0.2) is 22.2 Å². The van der Waals surface area contributed by atoms with Crippen molar-refractivity contribution in [3.63, 3.8) is 0 Å². The van der Waals surface area contributed by atoms with Crippen LogP contribution in [0, 0.1) is 11.6 Å². The second-order valence-corrected chi connectivity index (χ2v) is 10.4. The first-order chi connectivity index (χ1) is 15.6. The Kier molecular flexibility index (Phi) is 6.50. The molecule has 0 saturated carbocycles. The molecule has 3 aromatic rings. The van der Waals surface area contributed by atoms with Crippen LogP contribution in [0.1, 0.15) is 17.3 Å². The Morgan fingerprint density at radius 2 is 1.70 bits per heavy atom. The van der Waals surface area contributed by atoms with E-state index in [0.717, 1.165) is 23.9 Å². The van der Waals surface area contributed by atoms with Crippen LogP contribution >= 0.6 is 11.8 Å². The van der Waals surface area contributed by atoms with E-state index < -0.39 is 21.7 Å². The lowest BCUT2D eigenvalue weighted by molar-refractivity contribution is -0.129. The number of amides is 1. The number of carbonyl (C=O) groups excluding carboxylic acids is 2. The summed E-state index contributed by atoms with van der Waals surface area (Å²) in [6, 6.07) is 7.77. The fourth-order valence-electron chi connectivity index (χ4n) is 3.46.